The van der Waals surface area contributed by atoms with Crippen LogP contribution in [0.1, 0.15) is 50.0 Å². The first kappa shape index (κ1) is 17.4. The Morgan fingerprint density at radius 3 is 2.38 bits per heavy atom. The predicted molar refractivity (Wildman–Crippen MR) is 92.3 cm³/mol. The van der Waals surface area contributed by atoms with Crippen molar-refractivity contribution in [2.24, 2.45) is 0 Å². The van der Waals surface area contributed by atoms with Gasteiger partial charge >= 0.3 is 7.12 Å². The molecule has 130 valence electrons. The van der Waals surface area contributed by atoms with Gasteiger partial charge in [0.15, 0.2) is 0 Å². The molecule has 1 amide bonds. The molecule has 3 rings (SSSR count). The van der Waals surface area contributed by atoms with E-state index in [-0.39, 0.29) is 12.5 Å². The molecule has 0 saturated carbocycles. The zero-order valence-corrected chi connectivity index (χ0v) is 15.1. The standard InChI is InChI=1S/C18H25BFNO3/c1-12-10-13(16(22)21-9-8-14(20)11-21)6-7-15(12)19-23-17(2,3)18(4,5)24-19/h6-7,10,14H,8-9,11H2,1-5H3/t14-/m1/s1. The van der Waals surface area contributed by atoms with E-state index in [4.69, 9.17) is 9.31 Å². The maximum atomic E-state index is 13.3. The van der Waals surface area contributed by atoms with Crippen molar-refractivity contribution in [2.45, 2.75) is 58.4 Å². The number of rotatable bonds is 2. The third kappa shape index (κ3) is 2.97. The van der Waals surface area contributed by atoms with E-state index >= 15 is 0 Å². The van der Waals surface area contributed by atoms with E-state index in [1.165, 1.54) is 0 Å². The van der Waals surface area contributed by atoms with Gasteiger partial charge in [0.25, 0.3) is 5.91 Å². The lowest BCUT2D eigenvalue weighted by atomic mass is 9.76. The van der Waals surface area contributed by atoms with E-state index in [9.17, 15) is 9.18 Å². The van der Waals surface area contributed by atoms with Crippen LogP contribution in [-0.2, 0) is 9.31 Å². The normalized spacial score (nSPS) is 25.3. The Morgan fingerprint density at radius 2 is 1.88 bits per heavy atom. The molecule has 1 aromatic carbocycles. The van der Waals surface area contributed by atoms with Gasteiger partial charge in [-0.05, 0) is 58.6 Å². The minimum absolute atomic E-state index is 0.112. The summed E-state index contributed by atoms with van der Waals surface area (Å²) in [6, 6.07) is 5.50. The lowest BCUT2D eigenvalue weighted by molar-refractivity contribution is 0.00578. The summed E-state index contributed by atoms with van der Waals surface area (Å²) in [4.78, 5) is 14.1. The summed E-state index contributed by atoms with van der Waals surface area (Å²) in [6.07, 6.45) is -0.476. The van der Waals surface area contributed by atoms with Crippen molar-refractivity contribution in [3.8, 4) is 0 Å². The van der Waals surface area contributed by atoms with E-state index in [2.05, 4.69) is 0 Å². The smallest absolute Gasteiger partial charge is 0.399 e. The van der Waals surface area contributed by atoms with Crippen molar-refractivity contribution in [2.75, 3.05) is 13.1 Å². The van der Waals surface area contributed by atoms with Crippen LogP contribution in [0.4, 0.5) is 4.39 Å². The predicted octanol–water partition coefficient (Wildman–Crippen LogP) is 2.48. The number of likely N-dealkylation sites (tertiary alicyclic amines) is 1. The van der Waals surface area contributed by atoms with Crippen LogP contribution >= 0.6 is 0 Å². The second-order valence-electron chi connectivity index (χ2n) is 7.80. The minimum Gasteiger partial charge on any atom is -0.399 e. The second-order valence-corrected chi connectivity index (χ2v) is 7.80. The number of aryl methyl sites for hydroxylation is 1. The van der Waals surface area contributed by atoms with Crippen LogP contribution in [0.15, 0.2) is 18.2 Å². The van der Waals surface area contributed by atoms with Gasteiger partial charge in [-0.25, -0.2) is 4.39 Å². The number of hydrogen-bond acceptors (Lipinski definition) is 3. The minimum atomic E-state index is -0.904. The highest BCUT2D eigenvalue weighted by molar-refractivity contribution is 6.62. The van der Waals surface area contributed by atoms with Crippen LogP contribution in [0.2, 0.25) is 0 Å². The summed E-state index contributed by atoms with van der Waals surface area (Å²) in [5, 5.41) is 0. The van der Waals surface area contributed by atoms with E-state index in [1.54, 1.807) is 11.0 Å². The van der Waals surface area contributed by atoms with Crippen LogP contribution in [0.25, 0.3) is 0 Å². The molecule has 0 unspecified atom stereocenters. The topological polar surface area (TPSA) is 38.8 Å². The summed E-state index contributed by atoms with van der Waals surface area (Å²) >= 11 is 0. The second kappa shape index (κ2) is 5.85. The monoisotopic (exact) mass is 333 g/mol. The summed E-state index contributed by atoms with van der Waals surface area (Å²) in [5.41, 5.74) is 1.65. The summed E-state index contributed by atoms with van der Waals surface area (Å²) in [7, 11) is -0.443. The van der Waals surface area contributed by atoms with Gasteiger partial charge in [0.1, 0.15) is 6.17 Å². The van der Waals surface area contributed by atoms with Gasteiger partial charge in [0, 0.05) is 12.1 Å². The molecule has 24 heavy (non-hydrogen) atoms. The zero-order chi connectivity index (χ0) is 17.7. The quantitative estimate of drug-likeness (QED) is 0.781. The fraction of sp³-hybridized carbons (Fsp3) is 0.611. The summed E-state index contributed by atoms with van der Waals surface area (Å²) in [5.74, 6) is -0.112. The number of alkyl halides is 1. The molecule has 6 heteroatoms. The Bertz CT molecular complexity index is 646. The molecule has 1 aromatic rings. The van der Waals surface area contributed by atoms with Crippen LogP contribution < -0.4 is 5.46 Å². The molecule has 0 aliphatic carbocycles. The average Bonchev–Trinajstić information content (AvgIpc) is 2.99. The Labute approximate surface area is 143 Å². The maximum absolute atomic E-state index is 13.3. The van der Waals surface area contributed by atoms with Crippen molar-refractivity contribution in [3.63, 3.8) is 0 Å². The average molecular weight is 333 g/mol. The number of amides is 1. The molecule has 0 radical (unpaired) electrons. The molecule has 0 spiro atoms. The lowest BCUT2D eigenvalue weighted by Crippen LogP contribution is -2.41. The number of carbonyl (C=O) groups is 1. The fourth-order valence-corrected chi connectivity index (χ4v) is 3.13. The van der Waals surface area contributed by atoms with Gasteiger partial charge in [-0.15, -0.1) is 0 Å². The molecule has 2 heterocycles. The molecular weight excluding hydrogens is 308 g/mol. The fourth-order valence-electron chi connectivity index (χ4n) is 3.13. The Hall–Kier alpha value is -1.40. The highest BCUT2D eigenvalue weighted by Crippen LogP contribution is 2.36. The molecule has 2 fully saturated rings. The van der Waals surface area contributed by atoms with Gasteiger partial charge in [0.05, 0.1) is 17.7 Å². The molecule has 0 aromatic heterocycles. The van der Waals surface area contributed by atoms with Gasteiger partial charge in [-0.3, -0.25) is 4.79 Å². The van der Waals surface area contributed by atoms with E-state index in [1.807, 2.05) is 46.8 Å². The summed E-state index contributed by atoms with van der Waals surface area (Å²) in [6.45, 7) is 10.7. The number of nitrogens with zero attached hydrogens (tertiary/aromatic N) is 1. The third-order valence-electron chi connectivity index (χ3n) is 5.44. The molecule has 2 saturated heterocycles. The first-order valence-electron chi connectivity index (χ1n) is 8.50. The van der Waals surface area contributed by atoms with Crippen molar-refractivity contribution in [3.05, 3.63) is 29.3 Å². The Kier molecular flexibility index (Phi) is 4.25. The van der Waals surface area contributed by atoms with E-state index in [0.29, 0.717) is 18.5 Å². The highest BCUT2D eigenvalue weighted by Gasteiger charge is 2.52. The van der Waals surface area contributed by atoms with E-state index < -0.39 is 24.5 Å². The van der Waals surface area contributed by atoms with Crippen molar-refractivity contribution >= 4 is 18.5 Å². The van der Waals surface area contributed by atoms with Crippen LogP contribution in [0.5, 0.6) is 0 Å². The first-order chi connectivity index (χ1) is 11.1. The third-order valence-corrected chi connectivity index (χ3v) is 5.44. The van der Waals surface area contributed by atoms with Crippen LogP contribution in [-0.4, -0.2) is 48.4 Å². The van der Waals surface area contributed by atoms with Gasteiger partial charge in [-0.1, -0.05) is 11.6 Å². The van der Waals surface area contributed by atoms with Gasteiger partial charge < -0.3 is 14.2 Å². The largest absolute Gasteiger partial charge is 0.495 e. The van der Waals surface area contributed by atoms with E-state index in [0.717, 1.165) is 11.0 Å². The molecule has 2 aliphatic heterocycles. The lowest BCUT2D eigenvalue weighted by Gasteiger charge is -2.32. The van der Waals surface area contributed by atoms with Crippen molar-refractivity contribution < 1.29 is 18.5 Å². The number of benzene rings is 1. The van der Waals surface area contributed by atoms with Crippen molar-refractivity contribution in [1.29, 1.82) is 0 Å². The van der Waals surface area contributed by atoms with Crippen molar-refractivity contribution in [1.82, 2.24) is 4.90 Å². The number of halogens is 1. The Morgan fingerprint density at radius 1 is 1.25 bits per heavy atom. The molecule has 2 aliphatic rings. The molecule has 4 nitrogen and oxygen atoms in total. The highest BCUT2D eigenvalue weighted by atomic mass is 19.1. The first-order valence-corrected chi connectivity index (χ1v) is 8.50. The molecule has 0 N–H and O–H groups in total. The summed E-state index contributed by atoms with van der Waals surface area (Å²) < 4.78 is 25.5. The van der Waals surface area contributed by atoms with Crippen LogP contribution in [0, 0.1) is 6.92 Å². The SMILES string of the molecule is Cc1cc(C(=O)N2CC[C@@H](F)C2)ccc1B1OC(C)(C)C(C)(C)O1. The van der Waals surface area contributed by atoms with Crippen LogP contribution in [0.3, 0.4) is 0 Å². The van der Waals surface area contributed by atoms with Gasteiger partial charge in [0.2, 0.25) is 0 Å². The number of carbonyl (C=O) groups excluding carboxylic acids is 1. The molecular formula is C18H25BFNO3. The Balaban J connectivity index is 1.80. The molecule has 0 bridgehead atoms. The zero-order valence-electron chi connectivity index (χ0n) is 15.1. The number of hydrogen-bond donors (Lipinski definition) is 0. The molecule has 1 atom stereocenters. The van der Waals surface area contributed by atoms with Gasteiger partial charge in [-0.2, -0.15) is 0 Å². The maximum Gasteiger partial charge on any atom is 0.495 e.